The van der Waals surface area contributed by atoms with E-state index >= 15 is 0 Å². The third kappa shape index (κ3) is 5.36. The molecular formula is C21H25ClFN3O2. The van der Waals surface area contributed by atoms with E-state index in [1.54, 1.807) is 19.2 Å². The molecule has 1 saturated heterocycles. The van der Waals surface area contributed by atoms with Crippen LogP contribution in [0.5, 0.6) is 5.75 Å². The fraction of sp³-hybridized carbons (Fsp3) is 0.381. The molecule has 1 fully saturated rings. The highest BCUT2D eigenvalue weighted by atomic mass is 35.5. The first-order chi connectivity index (χ1) is 13.6. The van der Waals surface area contributed by atoms with Crippen molar-refractivity contribution in [2.24, 2.45) is 0 Å². The fourth-order valence-corrected chi connectivity index (χ4v) is 3.55. The summed E-state index contributed by atoms with van der Waals surface area (Å²) < 4.78 is 18.2. The second kappa shape index (κ2) is 9.75. The van der Waals surface area contributed by atoms with Gasteiger partial charge in [-0.25, -0.2) is 4.39 Å². The summed E-state index contributed by atoms with van der Waals surface area (Å²) in [5, 5.41) is 3.86. The number of carbonyl (C=O) groups excluding carboxylic acids is 1. The zero-order valence-electron chi connectivity index (χ0n) is 16.0. The molecule has 2 aromatic carbocycles. The summed E-state index contributed by atoms with van der Waals surface area (Å²) in [6.07, 6.45) is 0.459. The Labute approximate surface area is 170 Å². The first-order valence-electron chi connectivity index (χ1n) is 9.38. The highest BCUT2D eigenvalue weighted by molar-refractivity contribution is 6.32. The van der Waals surface area contributed by atoms with Crippen molar-refractivity contribution in [3.63, 3.8) is 0 Å². The molecule has 0 saturated carbocycles. The number of rotatable bonds is 7. The van der Waals surface area contributed by atoms with E-state index in [0.29, 0.717) is 43.4 Å². The molecule has 1 aliphatic heterocycles. The SMILES string of the molecule is COc1ccc(CNCCC(=O)N2CCN(c3ccc(F)cc3)CC2)cc1Cl. The Bertz CT molecular complexity index is 793. The summed E-state index contributed by atoms with van der Waals surface area (Å²) in [6.45, 7) is 4.15. The Hall–Kier alpha value is -2.31. The van der Waals surface area contributed by atoms with Crippen molar-refractivity contribution in [2.75, 3.05) is 44.7 Å². The molecule has 1 amide bonds. The van der Waals surface area contributed by atoms with E-state index in [1.165, 1.54) is 12.1 Å². The number of halogens is 2. The number of nitrogens with zero attached hydrogens (tertiary/aromatic N) is 2. The Morgan fingerprint density at radius 1 is 1.14 bits per heavy atom. The zero-order valence-corrected chi connectivity index (χ0v) is 16.7. The standard InChI is InChI=1S/C21H25ClFN3O2/c1-28-20-7-2-16(14-19(20)22)15-24-9-8-21(27)26-12-10-25(11-13-26)18-5-3-17(23)4-6-18/h2-7,14,24H,8-13,15H2,1H3. The summed E-state index contributed by atoms with van der Waals surface area (Å²) in [7, 11) is 1.59. The number of hydrogen-bond donors (Lipinski definition) is 1. The number of ether oxygens (including phenoxy) is 1. The van der Waals surface area contributed by atoms with E-state index in [4.69, 9.17) is 16.3 Å². The monoisotopic (exact) mass is 405 g/mol. The van der Waals surface area contributed by atoms with Crippen LogP contribution in [0.3, 0.4) is 0 Å². The number of methoxy groups -OCH3 is 1. The van der Waals surface area contributed by atoms with Crippen LogP contribution in [0, 0.1) is 5.82 Å². The molecule has 7 heteroatoms. The predicted molar refractivity (Wildman–Crippen MR) is 110 cm³/mol. The van der Waals surface area contributed by atoms with Crippen molar-refractivity contribution in [3.8, 4) is 5.75 Å². The zero-order chi connectivity index (χ0) is 19.9. The Balaban J connectivity index is 1.37. The lowest BCUT2D eigenvalue weighted by Crippen LogP contribution is -2.49. The number of piperazine rings is 1. The van der Waals surface area contributed by atoms with E-state index in [9.17, 15) is 9.18 Å². The van der Waals surface area contributed by atoms with E-state index in [1.807, 2.05) is 23.1 Å². The average molecular weight is 406 g/mol. The molecule has 150 valence electrons. The van der Waals surface area contributed by atoms with Crippen LogP contribution >= 0.6 is 11.6 Å². The van der Waals surface area contributed by atoms with Crippen molar-refractivity contribution in [1.82, 2.24) is 10.2 Å². The number of benzene rings is 2. The molecule has 0 radical (unpaired) electrons. The van der Waals surface area contributed by atoms with E-state index in [2.05, 4.69) is 10.2 Å². The topological polar surface area (TPSA) is 44.8 Å². The maximum atomic E-state index is 13.0. The fourth-order valence-electron chi connectivity index (χ4n) is 3.27. The van der Waals surface area contributed by atoms with Gasteiger partial charge in [-0.1, -0.05) is 17.7 Å². The minimum absolute atomic E-state index is 0.152. The molecule has 0 spiro atoms. The van der Waals surface area contributed by atoms with Crippen molar-refractivity contribution in [3.05, 3.63) is 58.9 Å². The lowest BCUT2D eigenvalue weighted by molar-refractivity contribution is -0.131. The second-order valence-corrected chi connectivity index (χ2v) is 7.15. The quantitative estimate of drug-likeness (QED) is 0.718. The first kappa shape index (κ1) is 20.4. The molecule has 5 nitrogen and oxygen atoms in total. The minimum atomic E-state index is -0.234. The van der Waals surface area contributed by atoms with Crippen LogP contribution in [-0.2, 0) is 11.3 Å². The molecule has 28 heavy (non-hydrogen) atoms. The van der Waals surface area contributed by atoms with E-state index < -0.39 is 0 Å². The van der Waals surface area contributed by atoms with E-state index in [0.717, 1.165) is 24.3 Å². The molecule has 1 N–H and O–H groups in total. The van der Waals surface area contributed by atoms with Crippen molar-refractivity contribution >= 4 is 23.2 Å². The molecule has 3 rings (SSSR count). The van der Waals surface area contributed by atoms with Gasteiger partial charge in [-0.2, -0.15) is 0 Å². The lowest BCUT2D eigenvalue weighted by Gasteiger charge is -2.36. The Kier molecular flexibility index (Phi) is 7.12. The Morgan fingerprint density at radius 3 is 2.50 bits per heavy atom. The highest BCUT2D eigenvalue weighted by Crippen LogP contribution is 2.24. The maximum Gasteiger partial charge on any atom is 0.223 e. The van der Waals surface area contributed by atoms with Gasteiger partial charge in [0.25, 0.3) is 0 Å². The van der Waals surface area contributed by atoms with Crippen LogP contribution in [0.15, 0.2) is 42.5 Å². The lowest BCUT2D eigenvalue weighted by atomic mass is 10.2. The van der Waals surface area contributed by atoms with Crippen molar-refractivity contribution in [2.45, 2.75) is 13.0 Å². The average Bonchev–Trinajstić information content (AvgIpc) is 2.72. The second-order valence-electron chi connectivity index (χ2n) is 6.74. The first-order valence-corrected chi connectivity index (χ1v) is 9.76. The van der Waals surface area contributed by atoms with Gasteiger partial charge in [0.05, 0.1) is 12.1 Å². The summed E-state index contributed by atoms with van der Waals surface area (Å²) in [5.74, 6) is 0.571. The van der Waals surface area contributed by atoms with Gasteiger partial charge in [-0.15, -0.1) is 0 Å². The largest absolute Gasteiger partial charge is 0.495 e. The highest BCUT2D eigenvalue weighted by Gasteiger charge is 2.20. The van der Waals surface area contributed by atoms with Crippen LogP contribution in [-0.4, -0.2) is 50.6 Å². The number of anilines is 1. The molecule has 0 aromatic heterocycles. The van der Waals surface area contributed by atoms with Gasteiger partial charge in [-0.05, 0) is 42.0 Å². The number of hydrogen-bond acceptors (Lipinski definition) is 4. The van der Waals surface area contributed by atoms with Crippen molar-refractivity contribution < 1.29 is 13.9 Å². The molecule has 2 aromatic rings. The summed E-state index contributed by atoms with van der Waals surface area (Å²) >= 11 is 6.12. The van der Waals surface area contributed by atoms with Gasteiger partial charge in [0.2, 0.25) is 5.91 Å². The van der Waals surface area contributed by atoms with Crippen LogP contribution in [0.25, 0.3) is 0 Å². The van der Waals surface area contributed by atoms with Crippen LogP contribution < -0.4 is 15.0 Å². The van der Waals surface area contributed by atoms with Gasteiger partial charge >= 0.3 is 0 Å². The number of nitrogens with one attached hydrogen (secondary N) is 1. The van der Waals surface area contributed by atoms with Gasteiger partial charge in [0.1, 0.15) is 11.6 Å². The van der Waals surface area contributed by atoms with Gasteiger partial charge in [-0.3, -0.25) is 4.79 Å². The van der Waals surface area contributed by atoms with E-state index in [-0.39, 0.29) is 11.7 Å². The van der Waals surface area contributed by atoms with Crippen LogP contribution in [0.1, 0.15) is 12.0 Å². The number of carbonyl (C=O) groups is 1. The normalized spacial score (nSPS) is 14.2. The third-order valence-corrected chi connectivity index (χ3v) is 5.18. The maximum absolute atomic E-state index is 13.0. The smallest absolute Gasteiger partial charge is 0.223 e. The van der Waals surface area contributed by atoms with Crippen LogP contribution in [0.4, 0.5) is 10.1 Å². The molecule has 1 aliphatic rings. The number of amides is 1. The molecule has 0 aliphatic carbocycles. The van der Waals surface area contributed by atoms with Gasteiger partial charge < -0.3 is 19.9 Å². The minimum Gasteiger partial charge on any atom is -0.495 e. The summed E-state index contributed by atoms with van der Waals surface area (Å²) in [6, 6.07) is 12.1. The Morgan fingerprint density at radius 2 is 1.86 bits per heavy atom. The third-order valence-electron chi connectivity index (χ3n) is 4.89. The molecule has 0 bridgehead atoms. The van der Waals surface area contributed by atoms with Gasteiger partial charge in [0, 0.05) is 51.4 Å². The molecule has 0 atom stereocenters. The van der Waals surface area contributed by atoms with Crippen molar-refractivity contribution in [1.29, 1.82) is 0 Å². The predicted octanol–water partition coefficient (Wildman–Crippen LogP) is 3.32. The molecule has 1 heterocycles. The van der Waals surface area contributed by atoms with Gasteiger partial charge in [0.15, 0.2) is 0 Å². The summed E-state index contributed by atoms with van der Waals surface area (Å²) in [5.41, 5.74) is 2.04. The molecular weight excluding hydrogens is 381 g/mol. The molecule has 0 unspecified atom stereocenters. The summed E-state index contributed by atoms with van der Waals surface area (Å²) in [4.78, 5) is 16.5. The van der Waals surface area contributed by atoms with Crippen LogP contribution in [0.2, 0.25) is 5.02 Å².